The predicted molar refractivity (Wildman–Crippen MR) is 109 cm³/mol. The number of hydrogen-bond donors (Lipinski definition) is 2. The molecule has 0 aliphatic heterocycles. The van der Waals surface area contributed by atoms with E-state index >= 15 is 0 Å². The van der Waals surface area contributed by atoms with Crippen molar-refractivity contribution in [1.29, 1.82) is 5.41 Å². The van der Waals surface area contributed by atoms with E-state index in [9.17, 15) is 9.59 Å². The van der Waals surface area contributed by atoms with Gasteiger partial charge >= 0.3 is 5.97 Å². The number of amides is 1. The van der Waals surface area contributed by atoms with Crippen LogP contribution in [-0.2, 0) is 16.0 Å². The van der Waals surface area contributed by atoms with Crippen molar-refractivity contribution in [3.8, 4) is 0 Å². The van der Waals surface area contributed by atoms with Gasteiger partial charge in [0, 0.05) is 11.8 Å². The zero-order valence-electron chi connectivity index (χ0n) is 16.5. The summed E-state index contributed by atoms with van der Waals surface area (Å²) < 4.78 is 5.06. The Kier molecular flexibility index (Phi) is 9.80. The third kappa shape index (κ3) is 8.49. The molecule has 0 radical (unpaired) electrons. The van der Waals surface area contributed by atoms with E-state index in [2.05, 4.69) is 11.9 Å². The summed E-state index contributed by atoms with van der Waals surface area (Å²) in [6, 6.07) is 6.70. The first-order valence-corrected chi connectivity index (χ1v) is 9.28. The second-order valence-electron chi connectivity index (χ2n) is 6.79. The highest BCUT2D eigenvalue weighted by atomic mass is 16.5. The average Bonchev–Trinajstić information content (AvgIpc) is 2.64. The number of nitrogens with one attached hydrogen (secondary N) is 2. The summed E-state index contributed by atoms with van der Waals surface area (Å²) in [5.41, 5.74) is 2.56. The maximum absolute atomic E-state index is 12.5. The lowest BCUT2D eigenvalue weighted by molar-refractivity contribution is -0.145. The molecule has 0 bridgehead atoms. The van der Waals surface area contributed by atoms with E-state index in [0.29, 0.717) is 12.0 Å². The number of hydrogen-bond acceptors (Lipinski definition) is 4. The van der Waals surface area contributed by atoms with E-state index in [1.54, 1.807) is 25.1 Å². The highest BCUT2D eigenvalue weighted by molar-refractivity contribution is 5.96. The van der Waals surface area contributed by atoms with Crippen LogP contribution < -0.4 is 5.32 Å². The van der Waals surface area contributed by atoms with Crippen molar-refractivity contribution >= 4 is 18.1 Å². The average molecular weight is 370 g/mol. The summed E-state index contributed by atoms with van der Waals surface area (Å²) in [7, 11) is 0. The Morgan fingerprint density at radius 2 is 1.93 bits per heavy atom. The monoisotopic (exact) mass is 370 g/mol. The Hall–Kier alpha value is -2.69. The lowest BCUT2D eigenvalue weighted by Gasteiger charge is -2.19. The van der Waals surface area contributed by atoms with Gasteiger partial charge in [-0.15, -0.1) is 0 Å². The standard InChI is InChI=1S/C22H30N2O3/c1-5-27-22(26)20(15-16(2)3)24-21(25)19-12-10-18(11-13-19)9-8-17(4)7-6-14-23/h6-7,10-14,16,20,23H,4-5,8-9,15H2,1-3H3,(H,24,25)/b7-6-,23-14?. The highest BCUT2D eigenvalue weighted by Crippen LogP contribution is 2.12. The van der Waals surface area contributed by atoms with Gasteiger partial charge in [-0.2, -0.15) is 0 Å². The second-order valence-corrected chi connectivity index (χ2v) is 6.79. The smallest absolute Gasteiger partial charge is 0.328 e. The number of allylic oxidation sites excluding steroid dienone is 3. The fourth-order valence-corrected chi connectivity index (χ4v) is 2.57. The molecule has 0 heterocycles. The summed E-state index contributed by atoms with van der Waals surface area (Å²) in [5, 5.41) is 9.76. The number of esters is 1. The minimum absolute atomic E-state index is 0.261. The van der Waals surface area contributed by atoms with E-state index < -0.39 is 12.0 Å². The molecule has 1 unspecified atom stereocenters. The molecule has 1 amide bonds. The first kappa shape index (κ1) is 22.4. The molecule has 5 heteroatoms. The molecule has 0 aliphatic rings. The van der Waals surface area contributed by atoms with Crippen LogP contribution in [0.4, 0.5) is 0 Å². The molecular formula is C22H30N2O3. The number of benzene rings is 1. The maximum Gasteiger partial charge on any atom is 0.328 e. The van der Waals surface area contributed by atoms with Crippen molar-refractivity contribution in [2.45, 2.75) is 46.1 Å². The zero-order valence-corrected chi connectivity index (χ0v) is 16.5. The quantitative estimate of drug-likeness (QED) is 0.350. The van der Waals surface area contributed by atoms with E-state index in [0.717, 1.165) is 24.0 Å². The molecule has 2 N–H and O–H groups in total. The Balaban J connectivity index is 2.68. The SMILES string of the molecule is C=C(/C=C\C=N)CCc1ccc(C(=O)NC(CC(C)C)C(=O)OCC)cc1. The summed E-state index contributed by atoms with van der Waals surface area (Å²) in [5.74, 6) is -0.414. The third-order valence-corrected chi connectivity index (χ3v) is 3.96. The van der Waals surface area contributed by atoms with Crippen molar-refractivity contribution < 1.29 is 14.3 Å². The van der Waals surface area contributed by atoms with Gasteiger partial charge in [0.1, 0.15) is 6.04 Å². The molecule has 1 aromatic rings. The molecule has 1 aromatic carbocycles. The molecule has 0 fully saturated rings. The molecule has 0 aromatic heterocycles. The lowest BCUT2D eigenvalue weighted by Crippen LogP contribution is -2.42. The van der Waals surface area contributed by atoms with Crippen molar-refractivity contribution in [2.75, 3.05) is 6.61 Å². The molecule has 0 aliphatic carbocycles. The highest BCUT2D eigenvalue weighted by Gasteiger charge is 2.23. The fraction of sp³-hybridized carbons (Fsp3) is 0.409. The van der Waals surface area contributed by atoms with Gasteiger partial charge in [0.15, 0.2) is 0 Å². The molecule has 0 saturated heterocycles. The van der Waals surface area contributed by atoms with Gasteiger partial charge in [-0.3, -0.25) is 4.79 Å². The topological polar surface area (TPSA) is 79.3 Å². The first-order chi connectivity index (χ1) is 12.9. The van der Waals surface area contributed by atoms with E-state index in [4.69, 9.17) is 10.1 Å². The molecule has 5 nitrogen and oxygen atoms in total. The summed E-state index contributed by atoms with van der Waals surface area (Å²) in [4.78, 5) is 24.5. The van der Waals surface area contributed by atoms with Gasteiger partial charge in [-0.1, -0.05) is 44.2 Å². The molecule has 0 spiro atoms. The summed E-state index contributed by atoms with van der Waals surface area (Å²) >= 11 is 0. The summed E-state index contributed by atoms with van der Waals surface area (Å²) in [6.45, 7) is 9.98. The van der Waals surface area contributed by atoms with Crippen LogP contribution in [0.3, 0.4) is 0 Å². The third-order valence-electron chi connectivity index (χ3n) is 3.96. The Bertz CT molecular complexity index is 675. The van der Waals surface area contributed by atoms with Crippen molar-refractivity contribution in [3.05, 3.63) is 59.7 Å². The van der Waals surface area contributed by atoms with Crippen LogP contribution >= 0.6 is 0 Å². The second kappa shape index (κ2) is 11.8. The molecule has 1 rings (SSSR count). The normalized spacial score (nSPS) is 12.0. The fourth-order valence-electron chi connectivity index (χ4n) is 2.57. The minimum atomic E-state index is -0.638. The number of ether oxygens (including phenoxy) is 1. The van der Waals surface area contributed by atoms with Crippen LogP contribution in [0.15, 0.2) is 48.6 Å². The van der Waals surface area contributed by atoms with Crippen LogP contribution in [-0.4, -0.2) is 30.7 Å². The number of carbonyl (C=O) groups is 2. The minimum Gasteiger partial charge on any atom is -0.464 e. The summed E-state index contributed by atoms with van der Waals surface area (Å²) in [6.07, 6.45) is 6.82. The van der Waals surface area contributed by atoms with Crippen molar-refractivity contribution in [1.82, 2.24) is 5.32 Å². The van der Waals surface area contributed by atoms with Gasteiger partial charge in [-0.25, -0.2) is 4.79 Å². The van der Waals surface area contributed by atoms with Crippen LogP contribution in [0.5, 0.6) is 0 Å². The van der Waals surface area contributed by atoms with E-state index in [1.165, 1.54) is 6.21 Å². The van der Waals surface area contributed by atoms with Crippen LogP contribution in [0.25, 0.3) is 0 Å². The number of aryl methyl sites for hydroxylation is 1. The van der Waals surface area contributed by atoms with Crippen LogP contribution in [0, 0.1) is 11.3 Å². The molecular weight excluding hydrogens is 340 g/mol. The Morgan fingerprint density at radius 3 is 2.48 bits per heavy atom. The Labute approximate surface area is 162 Å². The van der Waals surface area contributed by atoms with E-state index in [-0.39, 0.29) is 18.4 Å². The largest absolute Gasteiger partial charge is 0.464 e. The lowest BCUT2D eigenvalue weighted by atomic mass is 10.0. The zero-order chi connectivity index (χ0) is 20.2. The van der Waals surface area contributed by atoms with Gasteiger partial charge < -0.3 is 15.5 Å². The first-order valence-electron chi connectivity index (χ1n) is 9.28. The Morgan fingerprint density at radius 1 is 1.26 bits per heavy atom. The predicted octanol–water partition coefficient (Wildman–Crippen LogP) is 4.09. The van der Waals surface area contributed by atoms with Crippen molar-refractivity contribution in [2.24, 2.45) is 5.92 Å². The number of carbonyl (C=O) groups excluding carboxylic acids is 2. The molecule has 146 valence electrons. The van der Waals surface area contributed by atoms with Gasteiger partial charge in [0.2, 0.25) is 0 Å². The number of rotatable bonds is 11. The molecule has 0 saturated carbocycles. The maximum atomic E-state index is 12.5. The molecule has 27 heavy (non-hydrogen) atoms. The van der Waals surface area contributed by atoms with Crippen molar-refractivity contribution in [3.63, 3.8) is 0 Å². The van der Waals surface area contributed by atoms with E-state index in [1.807, 2.05) is 32.1 Å². The molecule has 1 atom stereocenters. The van der Waals surface area contributed by atoms with Gasteiger partial charge in [0.25, 0.3) is 5.91 Å². The van der Waals surface area contributed by atoms with Crippen LogP contribution in [0.1, 0.15) is 49.5 Å². The van der Waals surface area contributed by atoms with Crippen LogP contribution in [0.2, 0.25) is 0 Å². The van der Waals surface area contributed by atoms with Gasteiger partial charge in [-0.05, 0) is 55.9 Å². The van der Waals surface area contributed by atoms with Gasteiger partial charge in [0.05, 0.1) is 6.61 Å².